The van der Waals surface area contributed by atoms with Crippen molar-refractivity contribution in [1.82, 2.24) is 14.7 Å². The van der Waals surface area contributed by atoms with Gasteiger partial charge >= 0.3 is 6.03 Å². The number of carbonyl (C=O) groups excluding carboxylic acids is 1. The number of urea groups is 1. The fourth-order valence-electron chi connectivity index (χ4n) is 4.19. The summed E-state index contributed by atoms with van der Waals surface area (Å²) in [5, 5.41) is 7.50. The van der Waals surface area contributed by atoms with Crippen LogP contribution in [-0.2, 0) is 7.05 Å². The molecule has 1 saturated carbocycles. The second kappa shape index (κ2) is 6.31. The van der Waals surface area contributed by atoms with Crippen LogP contribution in [0.4, 0.5) is 10.5 Å². The third-order valence-electron chi connectivity index (χ3n) is 5.50. The first kappa shape index (κ1) is 15.4. The predicted octanol–water partition coefficient (Wildman–Crippen LogP) is 3.61. The van der Waals surface area contributed by atoms with E-state index in [2.05, 4.69) is 15.3 Å². The molecule has 1 N–H and O–H groups in total. The van der Waals surface area contributed by atoms with Crippen molar-refractivity contribution < 1.29 is 4.79 Å². The summed E-state index contributed by atoms with van der Waals surface area (Å²) in [5.41, 5.74) is 2.78. The van der Waals surface area contributed by atoms with E-state index in [4.69, 9.17) is 0 Å². The molecular weight excluding hydrogens is 276 g/mol. The number of hydrogen-bond donors (Lipinski definition) is 1. The second-order valence-corrected chi connectivity index (χ2v) is 6.90. The summed E-state index contributed by atoms with van der Waals surface area (Å²) in [6.07, 6.45) is 8.92. The Morgan fingerprint density at radius 2 is 1.86 bits per heavy atom. The number of rotatable bonds is 2. The van der Waals surface area contributed by atoms with Crippen molar-refractivity contribution in [2.75, 3.05) is 11.9 Å². The lowest BCUT2D eigenvalue weighted by atomic mass is 9.83. The summed E-state index contributed by atoms with van der Waals surface area (Å²) in [4.78, 5) is 14.8. The van der Waals surface area contributed by atoms with Crippen LogP contribution >= 0.6 is 0 Å². The summed E-state index contributed by atoms with van der Waals surface area (Å²) in [6.45, 7) is 4.84. The minimum absolute atomic E-state index is 0.0623. The molecule has 1 aromatic rings. The van der Waals surface area contributed by atoms with Gasteiger partial charge in [-0.05, 0) is 45.4 Å². The third kappa shape index (κ3) is 2.85. The Hall–Kier alpha value is -1.52. The number of aryl methyl sites for hydroxylation is 2. The molecule has 3 rings (SSSR count). The SMILES string of the molecule is Cc1nn(C)c(C)c1NC(=O)N1CCCC1C1CCCCC1. The van der Waals surface area contributed by atoms with Gasteiger partial charge in [-0.1, -0.05) is 19.3 Å². The van der Waals surface area contributed by atoms with Crippen molar-refractivity contribution >= 4 is 11.7 Å². The van der Waals surface area contributed by atoms with E-state index in [-0.39, 0.29) is 6.03 Å². The topological polar surface area (TPSA) is 50.2 Å². The van der Waals surface area contributed by atoms with Crippen LogP contribution < -0.4 is 5.32 Å². The minimum Gasteiger partial charge on any atom is -0.321 e. The molecule has 2 aliphatic rings. The fourth-order valence-corrected chi connectivity index (χ4v) is 4.19. The zero-order valence-electron chi connectivity index (χ0n) is 14.1. The van der Waals surface area contributed by atoms with Gasteiger partial charge in [-0.25, -0.2) is 4.79 Å². The molecule has 5 nitrogen and oxygen atoms in total. The molecule has 1 aromatic heterocycles. The summed E-state index contributed by atoms with van der Waals surface area (Å²) in [5.74, 6) is 0.707. The van der Waals surface area contributed by atoms with E-state index < -0.39 is 0 Å². The molecule has 2 fully saturated rings. The van der Waals surface area contributed by atoms with Gasteiger partial charge in [0.05, 0.1) is 17.1 Å². The van der Waals surface area contributed by atoms with E-state index in [1.807, 2.05) is 25.6 Å². The van der Waals surface area contributed by atoms with Gasteiger partial charge in [0.15, 0.2) is 0 Å². The van der Waals surface area contributed by atoms with Gasteiger partial charge in [0.25, 0.3) is 0 Å². The molecular formula is C17H28N4O. The summed E-state index contributed by atoms with van der Waals surface area (Å²) >= 11 is 0. The number of anilines is 1. The molecule has 22 heavy (non-hydrogen) atoms. The van der Waals surface area contributed by atoms with E-state index in [1.165, 1.54) is 38.5 Å². The molecule has 2 heterocycles. The number of likely N-dealkylation sites (tertiary alicyclic amines) is 1. The molecule has 1 unspecified atom stereocenters. The normalized spacial score (nSPS) is 23.0. The number of carbonyl (C=O) groups is 1. The number of amides is 2. The first-order valence-electron chi connectivity index (χ1n) is 8.65. The van der Waals surface area contributed by atoms with Crippen LogP contribution in [0.2, 0.25) is 0 Å². The first-order valence-corrected chi connectivity index (χ1v) is 8.65. The van der Waals surface area contributed by atoms with E-state index in [0.717, 1.165) is 30.0 Å². The quantitative estimate of drug-likeness (QED) is 0.907. The average molecular weight is 304 g/mol. The third-order valence-corrected chi connectivity index (χ3v) is 5.50. The molecule has 1 aliphatic carbocycles. The van der Waals surface area contributed by atoms with Gasteiger partial charge in [-0.3, -0.25) is 4.68 Å². The van der Waals surface area contributed by atoms with Crippen LogP contribution in [0.3, 0.4) is 0 Å². The zero-order valence-corrected chi connectivity index (χ0v) is 14.1. The summed E-state index contributed by atoms with van der Waals surface area (Å²) in [6, 6.07) is 0.504. The van der Waals surface area contributed by atoms with E-state index >= 15 is 0 Å². The van der Waals surface area contributed by atoms with Crippen molar-refractivity contribution in [3.05, 3.63) is 11.4 Å². The molecule has 1 aliphatic heterocycles. The van der Waals surface area contributed by atoms with E-state index in [0.29, 0.717) is 12.0 Å². The average Bonchev–Trinajstić information content (AvgIpc) is 3.09. The Kier molecular flexibility index (Phi) is 4.41. The van der Waals surface area contributed by atoms with Gasteiger partial charge in [-0.15, -0.1) is 0 Å². The van der Waals surface area contributed by atoms with Crippen LogP contribution in [0.25, 0.3) is 0 Å². The van der Waals surface area contributed by atoms with E-state index in [1.54, 1.807) is 0 Å². The Morgan fingerprint density at radius 3 is 2.50 bits per heavy atom. The smallest absolute Gasteiger partial charge is 0.321 e. The highest BCUT2D eigenvalue weighted by molar-refractivity contribution is 5.91. The number of nitrogens with zero attached hydrogens (tertiary/aromatic N) is 3. The van der Waals surface area contributed by atoms with Crippen LogP contribution in [-0.4, -0.2) is 33.3 Å². The molecule has 0 aromatic carbocycles. The predicted molar refractivity (Wildman–Crippen MR) is 88.0 cm³/mol. The van der Waals surface area contributed by atoms with Crippen LogP contribution in [0.1, 0.15) is 56.3 Å². The van der Waals surface area contributed by atoms with Crippen LogP contribution in [0, 0.1) is 19.8 Å². The molecule has 5 heteroatoms. The molecule has 0 bridgehead atoms. The van der Waals surface area contributed by atoms with Gasteiger partial charge in [-0.2, -0.15) is 5.10 Å². The Morgan fingerprint density at radius 1 is 1.14 bits per heavy atom. The lowest BCUT2D eigenvalue weighted by molar-refractivity contribution is 0.166. The van der Waals surface area contributed by atoms with Crippen molar-refractivity contribution in [3.8, 4) is 0 Å². The number of aromatic nitrogens is 2. The van der Waals surface area contributed by atoms with Gasteiger partial charge in [0.1, 0.15) is 0 Å². The zero-order chi connectivity index (χ0) is 15.7. The van der Waals surface area contributed by atoms with Crippen molar-refractivity contribution in [2.45, 2.75) is 64.8 Å². The molecule has 0 radical (unpaired) electrons. The van der Waals surface area contributed by atoms with Crippen LogP contribution in [0.15, 0.2) is 0 Å². The fraction of sp³-hybridized carbons (Fsp3) is 0.765. The second-order valence-electron chi connectivity index (χ2n) is 6.90. The highest BCUT2D eigenvalue weighted by Gasteiger charge is 2.35. The minimum atomic E-state index is 0.0623. The highest BCUT2D eigenvalue weighted by atomic mass is 16.2. The lowest BCUT2D eigenvalue weighted by Crippen LogP contribution is -2.43. The maximum atomic E-state index is 12.8. The number of hydrogen-bond acceptors (Lipinski definition) is 2. The molecule has 122 valence electrons. The standard InChI is InChI=1S/C17H28N4O/c1-12-16(13(2)20(3)19-12)18-17(22)21-11-7-10-15(21)14-8-5-4-6-9-14/h14-15H,4-11H2,1-3H3,(H,18,22). The summed E-state index contributed by atoms with van der Waals surface area (Å²) < 4.78 is 1.83. The Balaban J connectivity index is 1.70. The van der Waals surface area contributed by atoms with Gasteiger partial charge < -0.3 is 10.2 Å². The Labute approximate surface area is 133 Å². The van der Waals surface area contributed by atoms with Crippen molar-refractivity contribution in [1.29, 1.82) is 0 Å². The molecule has 2 amide bonds. The monoisotopic (exact) mass is 304 g/mol. The largest absolute Gasteiger partial charge is 0.322 e. The molecule has 1 saturated heterocycles. The number of nitrogens with one attached hydrogen (secondary N) is 1. The highest BCUT2D eigenvalue weighted by Crippen LogP contribution is 2.34. The maximum absolute atomic E-state index is 12.8. The van der Waals surface area contributed by atoms with Crippen molar-refractivity contribution in [2.24, 2.45) is 13.0 Å². The lowest BCUT2D eigenvalue weighted by Gasteiger charge is -2.34. The molecule has 0 spiro atoms. The van der Waals surface area contributed by atoms with Crippen molar-refractivity contribution in [3.63, 3.8) is 0 Å². The first-order chi connectivity index (χ1) is 10.6. The maximum Gasteiger partial charge on any atom is 0.322 e. The van der Waals surface area contributed by atoms with Gasteiger partial charge in [0, 0.05) is 19.6 Å². The van der Waals surface area contributed by atoms with E-state index in [9.17, 15) is 4.79 Å². The summed E-state index contributed by atoms with van der Waals surface area (Å²) in [7, 11) is 1.92. The Bertz CT molecular complexity index is 545. The van der Waals surface area contributed by atoms with Gasteiger partial charge in [0.2, 0.25) is 0 Å². The molecule has 1 atom stereocenters. The van der Waals surface area contributed by atoms with Crippen LogP contribution in [0.5, 0.6) is 0 Å².